The molecule has 47 heavy (non-hydrogen) atoms. The quantitative estimate of drug-likeness (QED) is 0.157. The summed E-state index contributed by atoms with van der Waals surface area (Å²) < 4.78 is 29.7. The average Bonchev–Trinajstić information content (AvgIpc) is 3.01. The lowest BCUT2D eigenvalue weighted by molar-refractivity contribution is -0.140. The van der Waals surface area contributed by atoms with Crippen LogP contribution in [0.5, 0.6) is 0 Å². The number of carbonyl (C=O) groups is 2. The Morgan fingerprint density at radius 1 is 0.787 bits per heavy atom. The van der Waals surface area contributed by atoms with Gasteiger partial charge in [-0.1, -0.05) is 97.2 Å². The van der Waals surface area contributed by atoms with E-state index in [0.29, 0.717) is 27.8 Å². The lowest BCUT2D eigenvalue weighted by Crippen LogP contribution is -2.53. The summed E-state index contributed by atoms with van der Waals surface area (Å²) in [6, 6.07) is 25.3. The van der Waals surface area contributed by atoms with E-state index in [4.69, 9.17) is 23.2 Å². The Kier molecular flexibility index (Phi) is 12.1. The molecule has 0 fully saturated rings. The summed E-state index contributed by atoms with van der Waals surface area (Å²) in [6.45, 7) is 9.30. The van der Waals surface area contributed by atoms with Gasteiger partial charge in [-0.25, -0.2) is 8.42 Å². The molecule has 0 aliphatic heterocycles. The van der Waals surface area contributed by atoms with E-state index in [9.17, 15) is 18.0 Å². The zero-order valence-corrected chi connectivity index (χ0v) is 29.7. The SMILES string of the molecule is Cc1ccc(S(=O)(=O)N(CC(=O)N(Cc2c(Cl)cccc2Cl)[C@@H](Cc2ccccc2)C(=O)NCC(C)C)c2cc(C)cc(C)c2)cc1. The molecule has 0 saturated carbocycles. The van der Waals surface area contributed by atoms with Gasteiger partial charge in [0.25, 0.3) is 10.0 Å². The Hall–Kier alpha value is -3.85. The van der Waals surface area contributed by atoms with Gasteiger partial charge in [-0.15, -0.1) is 0 Å². The second-order valence-corrected chi connectivity index (χ2v) is 14.9. The highest BCUT2D eigenvalue weighted by molar-refractivity contribution is 7.92. The van der Waals surface area contributed by atoms with E-state index in [2.05, 4.69) is 5.32 Å². The van der Waals surface area contributed by atoms with Crippen LogP contribution < -0.4 is 9.62 Å². The number of halogens is 2. The minimum Gasteiger partial charge on any atom is -0.354 e. The van der Waals surface area contributed by atoms with Gasteiger partial charge >= 0.3 is 0 Å². The molecule has 0 unspecified atom stereocenters. The first kappa shape index (κ1) is 36.0. The fourth-order valence-corrected chi connectivity index (χ4v) is 7.21. The van der Waals surface area contributed by atoms with Crippen LogP contribution in [0.4, 0.5) is 5.69 Å². The topological polar surface area (TPSA) is 86.8 Å². The molecular formula is C37H41Cl2N3O4S. The van der Waals surface area contributed by atoms with Gasteiger partial charge in [0.15, 0.2) is 0 Å². The van der Waals surface area contributed by atoms with Crippen LogP contribution in [0.2, 0.25) is 10.0 Å². The van der Waals surface area contributed by atoms with E-state index < -0.39 is 28.5 Å². The van der Waals surface area contributed by atoms with Gasteiger partial charge in [0.2, 0.25) is 11.8 Å². The van der Waals surface area contributed by atoms with E-state index in [1.165, 1.54) is 17.0 Å². The molecule has 0 spiro atoms. The number of hydrogen-bond acceptors (Lipinski definition) is 4. The van der Waals surface area contributed by atoms with Crippen LogP contribution in [0.3, 0.4) is 0 Å². The largest absolute Gasteiger partial charge is 0.354 e. The zero-order chi connectivity index (χ0) is 34.3. The molecule has 248 valence electrons. The summed E-state index contributed by atoms with van der Waals surface area (Å²) >= 11 is 13.2. The van der Waals surface area contributed by atoms with Crippen molar-refractivity contribution < 1.29 is 18.0 Å². The van der Waals surface area contributed by atoms with Gasteiger partial charge in [0, 0.05) is 35.1 Å². The van der Waals surface area contributed by atoms with Crippen LogP contribution >= 0.6 is 23.2 Å². The molecule has 4 aromatic carbocycles. The minimum atomic E-state index is -4.22. The van der Waals surface area contributed by atoms with E-state index in [1.807, 2.05) is 71.0 Å². The number of amides is 2. The molecule has 4 aromatic rings. The van der Waals surface area contributed by atoms with Gasteiger partial charge in [-0.2, -0.15) is 0 Å². The number of nitrogens with one attached hydrogen (secondary N) is 1. The molecule has 10 heteroatoms. The first-order chi connectivity index (χ1) is 22.3. The Morgan fingerprint density at radius 2 is 1.38 bits per heavy atom. The van der Waals surface area contributed by atoms with Crippen molar-refractivity contribution in [3.63, 3.8) is 0 Å². The Morgan fingerprint density at radius 3 is 1.96 bits per heavy atom. The summed E-state index contributed by atoms with van der Waals surface area (Å²) in [5.41, 5.74) is 4.21. The van der Waals surface area contributed by atoms with Crippen LogP contribution in [0.1, 0.15) is 41.7 Å². The highest BCUT2D eigenvalue weighted by Gasteiger charge is 2.35. The molecule has 0 aliphatic rings. The number of sulfonamides is 1. The number of benzene rings is 4. The maximum atomic E-state index is 14.7. The maximum Gasteiger partial charge on any atom is 0.264 e. The van der Waals surface area contributed by atoms with Crippen LogP contribution in [0.25, 0.3) is 0 Å². The molecule has 2 amide bonds. The minimum absolute atomic E-state index is 0.0475. The highest BCUT2D eigenvalue weighted by Crippen LogP contribution is 2.30. The van der Waals surface area contributed by atoms with Crippen molar-refractivity contribution >= 4 is 50.7 Å². The lowest BCUT2D eigenvalue weighted by Gasteiger charge is -2.34. The van der Waals surface area contributed by atoms with Gasteiger partial charge in [-0.3, -0.25) is 13.9 Å². The van der Waals surface area contributed by atoms with Crippen molar-refractivity contribution in [1.29, 1.82) is 0 Å². The number of hydrogen-bond donors (Lipinski definition) is 1. The van der Waals surface area contributed by atoms with Crippen LogP contribution in [-0.2, 0) is 32.6 Å². The van der Waals surface area contributed by atoms with E-state index in [1.54, 1.807) is 42.5 Å². The third-order valence-electron chi connectivity index (χ3n) is 7.73. The molecule has 1 N–H and O–H groups in total. The fourth-order valence-electron chi connectivity index (χ4n) is 5.29. The van der Waals surface area contributed by atoms with Crippen LogP contribution in [-0.4, -0.2) is 44.3 Å². The molecule has 1 atom stereocenters. The molecule has 0 saturated heterocycles. The smallest absolute Gasteiger partial charge is 0.264 e. The summed E-state index contributed by atoms with van der Waals surface area (Å²) in [4.78, 5) is 30.1. The molecule has 7 nitrogen and oxygen atoms in total. The van der Waals surface area contributed by atoms with Crippen molar-refractivity contribution in [2.75, 3.05) is 17.4 Å². The summed E-state index contributed by atoms with van der Waals surface area (Å²) in [6.07, 6.45) is 0.187. The lowest BCUT2D eigenvalue weighted by atomic mass is 10.0. The van der Waals surface area contributed by atoms with Gasteiger partial charge in [0.1, 0.15) is 12.6 Å². The third-order valence-corrected chi connectivity index (χ3v) is 10.2. The predicted molar refractivity (Wildman–Crippen MR) is 190 cm³/mol. The first-order valence-corrected chi connectivity index (χ1v) is 17.7. The number of carbonyl (C=O) groups excluding carboxylic acids is 2. The first-order valence-electron chi connectivity index (χ1n) is 15.5. The average molecular weight is 695 g/mol. The van der Waals surface area contributed by atoms with Gasteiger partial charge in [0.05, 0.1) is 10.6 Å². The van der Waals surface area contributed by atoms with E-state index in [0.717, 1.165) is 26.6 Å². The number of aryl methyl sites for hydroxylation is 3. The second-order valence-electron chi connectivity index (χ2n) is 12.2. The Bertz CT molecular complexity index is 1770. The van der Waals surface area contributed by atoms with Gasteiger partial charge < -0.3 is 10.2 Å². The molecule has 4 rings (SSSR count). The molecule has 0 aromatic heterocycles. The monoisotopic (exact) mass is 693 g/mol. The fraction of sp³-hybridized carbons (Fsp3) is 0.297. The number of nitrogens with zero attached hydrogens (tertiary/aromatic N) is 2. The van der Waals surface area contributed by atoms with Crippen molar-refractivity contribution in [3.8, 4) is 0 Å². The number of anilines is 1. The summed E-state index contributed by atoms with van der Waals surface area (Å²) in [5, 5.41) is 3.64. The Labute approximate surface area is 288 Å². The molecular weight excluding hydrogens is 653 g/mol. The predicted octanol–water partition coefficient (Wildman–Crippen LogP) is 7.53. The van der Waals surface area contributed by atoms with Gasteiger partial charge in [-0.05, 0) is 79.8 Å². The molecule has 0 bridgehead atoms. The normalized spacial score (nSPS) is 12.1. The van der Waals surface area contributed by atoms with Crippen LogP contribution in [0, 0.1) is 26.7 Å². The van der Waals surface area contributed by atoms with Crippen molar-refractivity contribution in [3.05, 3.63) is 129 Å². The van der Waals surface area contributed by atoms with Crippen molar-refractivity contribution in [2.24, 2.45) is 5.92 Å². The Balaban J connectivity index is 1.86. The maximum absolute atomic E-state index is 14.7. The summed E-state index contributed by atoms with van der Waals surface area (Å²) in [7, 11) is -4.22. The van der Waals surface area contributed by atoms with E-state index >= 15 is 0 Å². The number of rotatable bonds is 13. The van der Waals surface area contributed by atoms with Crippen molar-refractivity contribution in [2.45, 2.75) is 58.5 Å². The molecule has 0 radical (unpaired) electrons. The summed E-state index contributed by atoms with van der Waals surface area (Å²) in [5.74, 6) is -0.784. The zero-order valence-electron chi connectivity index (χ0n) is 27.3. The van der Waals surface area contributed by atoms with Crippen molar-refractivity contribution in [1.82, 2.24) is 10.2 Å². The van der Waals surface area contributed by atoms with E-state index in [-0.39, 0.29) is 29.7 Å². The second kappa shape index (κ2) is 15.8. The third kappa shape index (κ3) is 9.37. The standard InChI is InChI=1S/C37H41Cl2N3O4S/c1-25(2)22-40-37(44)35(21-29-10-7-6-8-11-29)41(23-32-33(38)12-9-13-34(32)39)36(43)24-42(30-19-27(4)18-28(5)20-30)47(45,46)31-16-14-26(3)15-17-31/h6-20,25,35H,21-24H2,1-5H3,(H,40,44)/t35-/m0/s1. The molecule has 0 heterocycles. The highest BCUT2D eigenvalue weighted by atomic mass is 35.5. The van der Waals surface area contributed by atoms with Crippen LogP contribution in [0.15, 0.2) is 95.9 Å². The molecule has 0 aliphatic carbocycles.